The molecule has 0 radical (unpaired) electrons. The summed E-state index contributed by atoms with van der Waals surface area (Å²) in [5.74, 6) is -1.14. The maximum atomic E-state index is 12.2. The van der Waals surface area contributed by atoms with Crippen LogP contribution in [0.2, 0.25) is 0 Å². The van der Waals surface area contributed by atoms with Crippen molar-refractivity contribution in [1.29, 1.82) is 0 Å². The minimum Gasteiger partial charge on any atom is -0.481 e. The van der Waals surface area contributed by atoms with E-state index in [-0.39, 0.29) is 30.6 Å². The van der Waals surface area contributed by atoms with Gasteiger partial charge in [-0.15, -0.1) is 11.3 Å². The third-order valence-electron chi connectivity index (χ3n) is 4.43. The van der Waals surface area contributed by atoms with Gasteiger partial charge in [-0.1, -0.05) is 6.07 Å². The minimum atomic E-state index is -3.14. The van der Waals surface area contributed by atoms with Crippen molar-refractivity contribution in [3.05, 3.63) is 22.4 Å². The summed E-state index contributed by atoms with van der Waals surface area (Å²) in [6.07, 6.45) is 2.73. The molecule has 140 valence electrons. The van der Waals surface area contributed by atoms with E-state index in [2.05, 4.69) is 5.32 Å². The van der Waals surface area contributed by atoms with Gasteiger partial charge in [0.15, 0.2) is 0 Å². The molecular weight excluding hydrogens is 364 g/mol. The smallest absolute Gasteiger partial charge is 0.304 e. The van der Waals surface area contributed by atoms with Gasteiger partial charge in [0, 0.05) is 36.9 Å². The zero-order valence-corrected chi connectivity index (χ0v) is 15.8. The SMILES string of the molecule is CS(=O)(=O)N1CCC(CNC(=O)C[C@@H](CC(=O)O)c2cccs2)CC1. The van der Waals surface area contributed by atoms with E-state index in [0.717, 1.165) is 17.7 Å². The van der Waals surface area contributed by atoms with Crippen LogP contribution in [0.15, 0.2) is 17.5 Å². The molecule has 2 heterocycles. The first-order valence-electron chi connectivity index (χ1n) is 8.22. The zero-order valence-electron chi connectivity index (χ0n) is 14.2. The average molecular weight is 389 g/mol. The molecule has 1 aromatic rings. The molecule has 9 heteroatoms. The molecule has 7 nitrogen and oxygen atoms in total. The summed E-state index contributed by atoms with van der Waals surface area (Å²) in [6.45, 7) is 1.47. The molecule has 1 atom stereocenters. The number of hydrogen-bond donors (Lipinski definition) is 2. The highest BCUT2D eigenvalue weighted by molar-refractivity contribution is 7.88. The topological polar surface area (TPSA) is 104 Å². The van der Waals surface area contributed by atoms with Crippen molar-refractivity contribution < 1.29 is 23.1 Å². The number of carboxylic acid groups (broad SMARTS) is 1. The number of sulfonamides is 1. The Labute approximate surface area is 152 Å². The van der Waals surface area contributed by atoms with Crippen molar-refractivity contribution in [2.75, 3.05) is 25.9 Å². The summed E-state index contributed by atoms with van der Waals surface area (Å²) in [5.41, 5.74) is 0. The first-order valence-corrected chi connectivity index (χ1v) is 11.0. The van der Waals surface area contributed by atoms with Gasteiger partial charge >= 0.3 is 5.97 Å². The highest BCUT2D eigenvalue weighted by Crippen LogP contribution is 2.27. The molecule has 0 aliphatic carbocycles. The Balaban J connectivity index is 1.79. The molecule has 1 aliphatic rings. The van der Waals surface area contributed by atoms with Crippen molar-refractivity contribution in [3.63, 3.8) is 0 Å². The fourth-order valence-electron chi connectivity index (χ4n) is 3.01. The Bertz CT molecular complexity index is 679. The predicted octanol–water partition coefficient (Wildman–Crippen LogP) is 1.48. The van der Waals surface area contributed by atoms with Gasteiger partial charge in [0.2, 0.25) is 15.9 Å². The lowest BCUT2D eigenvalue weighted by Crippen LogP contribution is -2.41. The van der Waals surface area contributed by atoms with Gasteiger partial charge in [0.25, 0.3) is 0 Å². The van der Waals surface area contributed by atoms with E-state index in [1.54, 1.807) is 0 Å². The average Bonchev–Trinajstić information content (AvgIpc) is 3.06. The molecule has 1 aromatic heterocycles. The van der Waals surface area contributed by atoms with Crippen LogP contribution < -0.4 is 5.32 Å². The lowest BCUT2D eigenvalue weighted by molar-refractivity contribution is -0.137. The molecule has 1 saturated heterocycles. The van der Waals surface area contributed by atoms with Crippen LogP contribution in [0.5, 0.6) is 0 Å². The number of hydrogen-bond acceptors (Lipinski definition) is 5. The molecule has 0 bridgehead atoms. The Morgan fingerprint density at radius 3 is 2.56 bits per heavy atom. The van der Waals surface area contributed by atoms with Gasteiger partial charge in [-0.2, -0.15) is 0 Å². The molecular formula is C16H24N2O5S2. The molecule has 1 fully saturated rings. The number of rotatable bonds is 8. The first kappa shape index (κ1) is 19.9. The summed E-state index contributed by atoms with van der Waals surface area (Å²) < 4.78 is 24.4. The maximum absolute atomic E-state index is 12.2. The third-order valence-corrected chi connectivity index (χ3v) is 6.77. The van der Waals surface area contributed by atoms with Crippen LogP contribution in [-0.2, 0) is 19.6 Å². The molecule has 1 aliphatic heterocycles. The van der Waals surface area contributed by atoms with Crippen LogP contribution >= 0.6 is 11.3 Å². The normalized spacial score (nSPS) is 18.0. The van der Waals surface area contributed by atoms with E-state index in [9.17, 15) is 18.0 Å². The van der Waals surface area contributed by atoms with Crippen LogP contribution in [0.1, 0.15) is 36.5 Å². The highest BCUT2D eigenvalue weighted by Gasteiger charge is 2.26. The van der Waals surface area contributed by atoms with Crippen molar-refractivity contribution in [3.8, 4) is 0 Å². The van der Waals surface area contributed by atoms with E-state index in [0.29, 0.717) is 19.6 Å². The zero-order chi connectivity index (χ0) is 18.4. The van der Waals surface area contributed by atoms with Crippen LogP contribution in [0.25, 0.3) is 0 Å². The Kier molecular flexibility index (Phi) is 6.97. The largest absolute Gasteiger partial charge is 0.481 e. The van der Waals surface area contributed by atoms with Gasteiger partial charge in [-0.25, -0.2) is 12.7 Å². The highest BCUT2D eigenvalue weighted by atomic mass is 32.2. The Hall–Kier alpha value is -1.45. The van der Waals surface area contributed by atoms with E-state index in [1.165, 1.54) is 21.9 Å². The molecule has 0 aromatic carbocycles. The quantitative estimate of drug-likeness (QED) is 0.702. The van der Waals surface area contributed by atoms with Gasteiger partial charge in [-0.05, 0) is 30.2 Å². The van der Waals surface area contributed by atoms with Gasteiger partial charge < -0.3 is 10.4 Å². The summed E-state index contributed by atoms with van der Waals surface area (Å²) in [7, 11) is -3.14. The summed E-state index contributed by atoms with van der Waals surface area (Å²) in [6, 6.07) is 3.70. The van der Waals surface area contributed by atoms with Crippen LogP contribution in [0.3, 0.4) is 0 Å². The lowest BCUT2D eigenvalue weighted by atomic mass is 9.97. The number of aliphatic carboxylic acids is 1. The van der Waals surface area contributed by atoms with Gasteiger partial charge in [0.1, 0.15) is 0 Å². The van der Waals surface area contributed by atoms with Gasteiger partial charge in [0.05, 0.1) is 12.7 Å². The van der Waals surface area contributed by atoms with Crippen molar-refractivity contribution in [1.82, 2.24) is 9.62 Å². The minimum absolute atomic E-state index is 0.0688. The lowest BCUT2D eigenvalue weighted by Gasteiger charge is -2.30. The van der Waals surface area contributed by atoms with Crippen molar-refractivity contribution in [2.45, 2.75) is 31.6 Å². The number of carboxylic acids is 1. The number of carbonyl (C=O) groups excluding carboxylic acids is 1. The fourth-order valence-corrected chi connectivity index (χ4v) is 4.71. The Morgan fingerprint density at radius 2 is 2.04 bits per heavy atom. The van der Waals surface area contributed by atoms with E-state index >= 15 is 0 Å². The second-order valence-corrected chi connectivity index (χ2v) is 9.39. The number of piperidine rings is 1. The maximum Gasteiger partial charge on any atom is 0.304 e. The fraction of sp³-hybridized carbons (Fsp3) is 0.625. The third kappa shape index (κ3) is 6.41. The Morgan fingerprint density at radius 1 is 1.36 bits per heavy atom. The number of carbonyl (C=O) groups is 2. The van der Waals surface area contributed by atoms with E-state index in [4.69, 9.17) is 5.11 Å². The molecule has 0 saturated carbocycles. The summed E-state index contributed by atoms with van der Waals surface area (Å²) in [5, 5.41) is 13.8. The standard InChI is InChI=1S/C16H24N2O5S2/c1-25(22,23)18-6-4-12(5-7-18)11-17-15(19)9-13(10-16(20)21)14-3-2-8-24-14/h2-3,8,12-13H,4-7,9-11H2,1H3,(H,17,19)(H,20,21)/t13-/m0/s1. The monoisotopic (exact) mass is 388 g/mol. The molecule has 25 heavy (non-hydrogen) atoms. The number of thiophene rings is 1. The van der Waals surface area contributed by atoms with Gasteiger partial charge in [-0.3, -0.25) is 9.59 Å². The number of nitrogens with zero attached hydrogens (tertiary/aromatic N) is 1. The van der Waals surface area contributed by atoms with Crippen molar-refractivity contribution in [2.24, 2.45) is 5.92 Å². The predicted molar refractivity (Wildman–Crippen MR) is 96.1 cm³/mol. The first-order chi connectivity index (χ1) is 11.8. The second-order valence-electron chi connectivity index (χ2n) is 6.42. The summed E-state index contributed by atoms with van der Waals surface area (Å²) in [4.78, 5) is 24.1. The van der Waals surface area contributed by atoms with Crippen molar-refractivity contribution >= 4 is 33.2 Å². The van der Waals surface area contributed by atoms with Crippen LogP contribution in [0.4, 0.5) is 0 Å². The second kappa shape index (κ2) is 8.77. The number of nitrogens with one attached hydrogen (secondary N) is 1. The van der Waals surface area contributed by atoms with E-state index in [1.807, 2.05) is 17.5 Å². The van der Waals surface area contributed by atoms with E-state index < -0.39 is 16.0 Å². The number of amides is 1. The van der Waals surface area contributed by atoms with Crippen LogP contribution in [-0.4, -0.2) is 55.6 Å². The summed E-state index contributed by atoms with van der Waals surface area (Å²) >= 11 is 1.46. The molecule has 2 rings (SSSR count). The molecule has 0 unspecified atom stereocenters. The molecule has 1 amide bonds. The molecule has 2 N–H and O–H groups in total. The van der Waals surface area contributed by atoms with Crippen LogP contribution in [0, 0.1) is 5.92 Å². The molecule has 0 spiro atoms.